The Kier molecular flexibility index (Phi) is 8.97. The highest BCUT2D eigenvalue weighted by Gasteiger charge is 1.94. The summed E-state index contributed by atoms with van der Waals surface area (Å²) >= 11 is 9.53. The van der Waals surface area contributed by atoms with Crippen molar-refractivity contribution in [3.8, 4) is 0 Å². The van der Waals surface area contributed by atoms with Gasteiger partial charge in [-0.15, -0.1) is 23.2 Å². The molecule has 1 heterocycles. The topological polar surface area (TPSA) is 18.5 Å². The zero-order valence-corrected chi connectivity index (χ0v) is 6.62. The molecule has 0 saturated carbocycles. The third-order valence-corrected chi connectivity index (χ3v) is 0.744. The number of halogens is 2. The predicted octanol–water partition coefficient (Wildman–Crippen LogP) is 1.80. The van der Waals surface area contributed by atoms with Crippen LogP contribution in [0, 0.1) is 0 Å². The van der Waals surface area contributed by atoms with Crippen LogP contribution in [-0.4, -0.2) is 25.3 Å². The van der Waals surface area contributed by atoms with Crippen LogP contribution in [-0.2, 0) is 9.47 Å². The fourth-order valence-electron chi connectivity index (χ4n) is 0.440. The maximum absolute atomic E-state index is 4.85. The molecule has 0 N–H and O–H groups in total. The maximum Gasteiger partial charge on any atom is 0.146 e. The average Bonchev–Trinajstić information content (AvgIpc) is 1.93. The molecule has 1 saturated heterocycles. The molecule has 0 aromatic carbocycles. The van der Waals surface area contributed by atoms with Gasteiger partial charge in [0, 0.05) is 0 Å². The Bertz CT molecular complexity index is 36.7. The van der Waals surface area contributed by atoms with Crippen molar-refractivity contribution in [1.82, 2.24) is 0 Å². The van der Waals surface area contributed by atoms with Crippen LogP contribution in [0.4, 0.5) is 0 Å². The third kappa shape index (κ3) is 8.50. The van der Waals surface area contributed by atoms with E-state index in [0.717, 1.165) is 19.6 Å². The summed E-state index contributed by atoms with van der Waals surface area (Å²) in [5, 5.41) is 0.194. The molecule has 1 aliphatic rings. The van der Waals surface area contributed by atoms with E-state index in [9.17, 15) is 0 Å². The summed E-state index contributed by atoms with van der Waals surface area (Å²) in [5.41, 5.74) is 0. The second-order valence-corrected chi connectivity index (χ2v) is 2.20. The van der Waals surface area contributed by atoms with Crippen molar-refractivity contribution in [2.45, 2.75) is 6.42 Å². The lowest BCUT2D eigenvalue weighted by Gasteiger charge is -2.09. The van der Waals surface area contributed by atoms with E-state index in [2.05, 4.69) is 0 Å². The molecular formula is C5H10Cl2O2. The molecule has 1 rings (SSSR count). The number of hydrogen-bond donors (Lipinski definition) is 0. The predicted molar refractivity (Wildman–Crippen MR) is 38.0 cm³/mol. The molecule has 0 aliphatic carbocycles. The van der Waals surface area contributed by atoms with Crippen molar-refractivity contribution < 1.29 is 9.47 Å². The lowest BCUT2D eigenvalue weighted by atomic mass is 10.5. The largest absolute Gasteiger partial charge is 0.355 e. The van der Waals surface area contributed by atoms with E-state index in [-0.39, 0.29) is 5.34 Å². The number of rotatable bonds is 0. The lowest BCUT2D eigenvalue weighted by Crippen LogP contribution is -2.11. The molecule has 56 valence electrons. The highest BCUT2D eigenvalue weighted by atomic mass is 35.5. The molecule has 0 spiro atoms. The van der Waals surface area contributed by atoms with E-state index in [4.69, 9.17) is 32.7 Å². The highest BCUT2D eigenvalue weighted by molar-refractivity contribution is 6.40. The molecular weight excluding hydrogens is 163 g/mol. The molecule has 0 aromatic heterocycles. The van der Waals surface area contributed by atoms with Gasteiger partial charge in [0.25, 0.3) is 0 Å². The summed E-state index contributed by atoms with van der Waals surface area (Å²) in [4.78, 5) is 0. The van der Waals surface area contributed by atoms with Crippen LogP contribution in [0.1, 0.15) is 6.42 Å². The van der Waals surface area contributed by atoms with E-state index in [1.165, 1.54) is 0 Å². The van der Waals surface area contributed by atoms with Crippen molar-refractivity contribution in [3.63, 3.8) is 0 Å². The van der Waals surface area contributed by atoms with Crippen molar-refractivity contribution in [1.29, 1.82) is 0 Å². The molecule has 4 heteroatoms. The molecule has 2 nitrogen and oxygen atoms in total. The normalized spacial score (nSPS) is 18.0. The molecule has 1 aliphatic heterocycles. The molecule has 0 amide bonds. The van der Waals surface area contributed by atoms with E-state index in [1.807, 2.05) is 0 Å². The van der Waals surface area contributed by atoms with Crippen LogP contribution >= 0.6 is 23.2 Å². The minimum Gasteiger partial charge on any atom is -0.355 e. The summed E-state index contributed by atoms with van der Waals surface area (Å²) in [6.45, 7) is 2.25. The van der Waals surface area contributed by atoms with Gasteiger partial charge in [0.05, 0.1) is 18.6 Å². The monoisotopic (exact) mass is 172 g/mol. The van der Waals surface area contributed by atoms with E-state index in [0.29, 0.717) is 6.79 Å². The smallest absolute Gasteiger partial charge is 0.146 e. The van der Waals surface area contributed by atoms with Gasteiger partial charge >= 0.3 is 0 Å². The molecule has 9 heavy (non-hydrogen) atoms. The first-order valence-corrected chi connectivity index (χ1v) is 3.76. The van der Waals surface area contributed by atoms with Gasteiger partial charge in [0.1, 0.15) is 6.79 Å². The van der Waals surface area contributed by atoms with Gasteiger partial charge in [0.15, 0.2) is 0 Å². The average molecular weight is 173 g/mol. The van der Waals surface area contributed by atoms with Crippen molar-refractivity contribution >= 4 is 23.2 Å². The standard InChI is InChI=1S/C4H8O2.CH2Cl2/c1-2-5-4-6-3-1;2-1-3/h1-4H2;1H2. The van der Waals surface area contributed by atoms with Crippen LogP contribution in [0.3, 0.4) is 0 Å². The minimum atomic E-state index is 0.194. The van der Waals surface area contributed by atoms with E-state index >= 15 is 0 Å². The van der Waals surface area contributed by atoms with Gasteiger partial charge in [-0.1, -0.05) is 0 Å². The molecule has 0 bridgehead atoms. The summed E-state index contributed by atoms with van der Waals surface area (Å²) < 4.78 is 9.69. The first-order chi connectivity index (χ1) is 4.41. The van der Waals surface area contributed by atoms with Gasteiger partial charge in [-0.25, -0.2) is 0 Å². The first kappa shape index (κ1) is 9.50. The highest BCUT2D eigenvalue weighted by Crippen LogP contribution is 1.91. The summed E-state index contributed by atoms with van der Waals surface area (Å²) in [6.07, 6.45) is 1.06. The lowest BCUT2D eigenvalue weighted by molar-refractivity contribution is -0.0963. The summed E-state index contributed by atoms with van der Waals surface area (Å²) in [7, 11) is 0. The van der Waals surface area contributed by atoms with Gasteiger partial charge in [-0.3, -0.25) is 0 Å². The third-order valence-electron chi connectivity index (χ3n) is 0.744. The van der Waals surface area contributed by atoms with Crippen LogP contribution in [0.15, 0.2) is 0 Å². The fourth-order valence-corrected chi connectivity index (χ4v) is 0.440. The minimum absolute atomic E-state index is 0.194. The van der Waals surface area contributed by atoms with Crippen LogP contribution in [0.2, 0.25) is 0 Å². The second-order valence-electron chi connectivity index (χ2n) is 1.39. The van der Waals surface area contributed by atoms with Gasteiger partial charge in [-0.2, -0.15) is 0 Å². The first-order valence-electron chi connectivity index (χ1n) is 2.69. The van der Waals surface area contributed by atoms with Crippen molar-refractivity contribution in [2.24, 2.45) is 0 Å². The molecule has 0 atom stereocenters. The molecule has 0 unspecified atom stereocenters. The Morgan fingerprint density at radius 1 is 1.11 bits per heavy atom. The summed E-state index contributed by atoms with van der Waals surface area (Å²) in [6, 6.07) is 0. The molecule has 1 fully saturated rings. The Morgan fingerprint density at radius 2 is 1.56 bits per heavy atom. The zero-order chi connectivity index (χ0) is 6.95. The quantitative estimate of drug-likeness (QED) is 0.520. The number of alkyl halides is 2. The van der Waals surface area contributed by atoms with Gasteiger partial charge in [-0.05, 0) is 6.42 Å². The van der Waals surface area contributed by atoms with Crippen LogP contribution < -0.4 is 0 Å². The van der Waals surface area contributed by atoms with Crippen molar-refractivity contribution in [2.75, 3.05) is 25.3 Å². The molecule has 0 aromatic rings. The second kappa shape index (κ2) is 8.50. The van der Waals surface area contributed by atoms with Gasteiger partial charge < -0.3 is 9.47 Å². The van der Waals surface area contributed by atoms with Gasteiger partial charge in [0.2, 0.25) is 0 Å². The van der Waals surface area contributed by atoms with Crippen LogP contribution in [0.25, 0.3) is 0 Å². The van der Waals surface area contributed by atoms with Crippen LogP contribution in [0.5, 0.6) is 0 Å². The van der Waals surface area contributed by atoms with Crippen molar-refractivity contribution in [3.05, 3.63) is 0 Å². The Morgan fingerprint density at radius 3 is 1.67 bits per heavy atom. The fraction of sp³-hybridized carbons (Fsp3) is 1.00. The Balaban J connectivity index is 0.000000187. The number of ether oxygens (including phenoxy) is 2. The summed E-state index contributed by atoms with van der Waals surface area (Å²) in [5.74, 6) is 0. The Labute approximate surface area is 65.0 Å². The zero-order valence-electron chi connectivity index (χ0n) is 5.11. The number of hydrogen-bond acceptors (Lipinski definition) is 2. The molecule has 0 radical (unpaired) electrons. The SMILES string of the molecule is C1COCOC1.ClCCl. The van der Waals surface area contributed by atoms with E-state index < -0.39 is 0 Å². The van der Waals surface area contributed by atoms with E-state index in [1.54, 1.807) is 0 Å². The Hall–Kier alpha value is 0.500. The maximum atomic E-state index is 4.85.